The van der Waals surface area contributed by atoms with E-state index in [0.717, 1.165) is 12.8 Å². The monoisotopic (exact) mass is 181 g/mol. The summed E-state index contributed by atoms with van der Waals surface area (Å²) in [5.41, 5.74) is 5.22. The minimum atomic E-state index is -0.241. The van der Waals surface area contributed by atoms with Gasteiger partial charge in [-0.25, -0.2) is 0 Å². The lowest BCUT2D eigenvalue weighted by molar-refractivity contribution is -0.123. The topological polar surface area (TPSA) is 70.1 Å². The van der Waals surface area contributed by atoms with Gasteiger partial charge in [0, 0.05) is 12.6 Å². The first-order valence-corrected chi connectivity index (χ1v) is 4.55. The van der Waals surface area contributed by atoms with Crippen molar-refractivity contribution < 1.29 is 4.79 Å². The van der Waals surface area contributed by atoms with E-state index in [1.54, 1.807) is 0 Å². The lowest BCUT2D eigenvalue weighted by Crippen LogP contribution is -2.45. The van der Waals surface area contributed by atoms with Gasteiger partial charge in [-0.1, -0.05) is 0 Å². The van der Waals surface area contributed by atoms with Gasteiger partial charge in [0.2, 0.25) is 5.91 Å². The molecule has 1 amide bonds. The Labute approximate surface area is 78.3 Å². The average molecular weight is 181 g/mol. The molecule has 72 valence electrons. The highest BCUT2D eigenvalue weighted by molar-refractivity contribution is 5.76. The number of carbonyl (C=O) groups excluding carboxylic acids is 1. The maximum Gasteiger partial charge on any atom is 0.221 e. The number of hydrogen-bond donors (Lipinski definition) is 1. The molecule has 1 aliphatic rings. The van der Waals surface area contributed by atoms with E-state index in [9.17, 15) is 4.79 Å². The van der Waals surface area contributed by atoms with Crippen LogP contribution in [0.4, 0.5) is 0 Å². The zero-order chi connectivity index (χ0) is 9.84. The number of nitriles is 1. The van der Waals surface area contributed by atoms with Crippen molar-refractivity contribution in [3.05, 3.63) is 0 Å². The van der Waals surface area contributed by atoms with E-state index in [1.807, 2.05) is 4.90 Å². The minimum absolute atomic E-state index is 0.0652. The van der Waals surface area contributed by atoms with Gasteiger partial charge in [-0.3, -0.25) is 9.69 Å². The predicted molar refractivity (Wildman–Crippen MR) is 48.6 cm³/mol. The first kappa shape index (κ1) is 10.0. The van der Waals surface area contributed by atoms with E-state index >= 15 is 0 Å². The molecule has 1 aliphatic heterocycles. The standard InChI is InChI=1S/C9H15N3O/c1-7-2-3-8(9(11)13)6-12(7)5-4-10/h7-8H,2-3,5-6H2,1H3,(H2,11,13). The molecule has 0 aliphatic carbocycles. The summed E-state index contributed by atoms with van der Waals surface area (Å²) in [5, 5.41) is 8.55. The lowest BCUT2D eigenvalue weighted by Gasteiger charge is -2.34. The van der Waals surface area contributed by atoms with Crippen molar-refractivity contribution >= 4 is 5.91 Å². The fourth-order valence-electron chi connectivity index (χ4n) is 1.72. The van der Waals surface area contributed by atoms with Crippen LogP contribution in [-0.4, -0.2) is 29.9 Å². The zero-order valence-electron chi connectivity index (χ0n) is 7.86. The van der Waals surface area contributed by atoms with E-state index in [0.29, 0.717) is 19.1 Å². The molecule has 0 spiro atoms. The fourth-order valence-corrected chi connectivity index (χ4v) is 1.72. The lowest BCUT2D eigenvalue weighted by atomic mass is 9.93. The first-order chi connectivity index (χ1) is 6.15. The van der Waals surface area contributed by atoms with Crippen LogP contribution in [0, 0.1) is 17.2 Å². The Kier molecular flexibility index (Phi) is 3.26. The molecule has 1 fully saturated rings. The van der Waals surface area contributed by atoms with Crippen LogP contribution < -0.4 is 5.73 Å². The number of nitrogens with two attached hydrogens (primary N) is 1. The summed E-state index contributed by atoms with van der Waals surface area (Å²) in [6.07, 6.45) is 1.81. The van der Waals surface area contributed by atoms with Crippen LogP contribution in [-0.2, 0) is 4.79 Å². The molecule has 1 saturated heterocycles. The number of nitrogens with zero attached hydrogens (tertiary/aromatic N) is 2. The first-order valence-electron chi connectivity index (χ1n) is 4.55. The van der Waals surface area contributed by atoms with E-state index in [1.165, 1.54) is 0 Å². The predicted octanol–water partition coefficient (Wildman–Crippen LogP) is 0.0958. The zero-order valence-corrected chi connectivity index (χ0v) is 7.86. The molecule has 0 aromatic carbocycles. The van der Waals surface area contributed by atoms with E-state index in [4.69, 9.17) is 11.0 Å². The summed E-state index contributed by atoms with van der Waals surface area (Å²) in [5.74, 6) is -0.306. The second-order valence-corrected chi connectivity index (χ2v) is 3.61. The van der Waals surface area contributed by atoms with Crippen LogP contribution >= 0.6 is 0 Å². The Bertz CT molecular complexity index is 234. The highest BCUT2D eigenvalue weighted by Gasteiger charge is 2.27. The van der Waals surface area contributed by atoms with Crippen molar-refractivity contribution in [3.63, 3.8) is 0 Å². The van der Waals surface area contributed by atoms with Crippen LogP contribution in [0.3, 0.4) is 0 Å². The summed E-state index contributed by atoms with van der Waals surface area (Å²) < 4.78 is 0. The summed E-state index contributed by atoms with van der Waals surface area (Å²) in [7, 11) is 0. The van der Waals surface area contributed by atoms with Crippen molar-refractivity contribution in [2.24, 2.45) is 11.7 Å². The third-order valence-electron chi connectivity index (χ3n) is 2.69. The largest absolute Gasteiger partial charge is 0.369 e. The minimum Gasteiger partial charge on any atom is -0.369 e. The van der Waals surface area contributed by atoms with Crippen LogP contribution in [0.25, 0.3) is 0 Å². The van der Waals surface area contributed by atoms with Gasteiger partial charge in [-0.2, -0.15) is 5.26 Å². The number of primary amides is 1. The molecule has 0 aromatic rings. The van der Waals surface area contributed by atoms with Crippen LogP contribution in [0.1, 0.15) is 19.8 Å². The van der Waals surface area contributed by atoms with E-state index in [2.05, 4.69) is 13.0 Å². The molecule has 0 bridgehead atoms. The summed E-state index contributed by atoms with van der Waals surface area (Å²) in [6.45, 7) is 3.11. The highest BCUT2D eigenvalue weighted by atomic mass is 16.1. The summed E-state index contributed by atoms with van der Waals surface area (Å²) >= 11 is 0. The van der Waals surface area contributed by atoms with Gasteiger partial charge in [0.1, 0.15) is 0 Å². The average Bonchev–Trinajstić information content (AvgIpc) is 2.08. The Morgan fingerprint density at radius 3 is 2.92 bits per heavy atom. The van der Waals surface area contributed by atoms with Crippen LogP contribution in [0.15, 0.2) is 0 Å². The molecule has 1 rings (SSSR count). The second kappa shape index (κ2) is 4.24. The second-order valence-electron chi connectivity index (χ2n) is 3.61. The van der Waals surface area contributed by atoms with Crippen LogP contribution in [0.2, 0.25) is 0 Å². The molecule has 0 radical (unpaired) electrons. The normalized spacial score (nSPS) is 29.5. The quantitative estimate of drug-likeness (QED) is 0.614. The molecule has 0 saturated carbocycles. The van der Waals surface area contributed by atoms with Crippen molar-refractivity contribution in [1.29, 1.82) is 5.26 Å². The Morgan fingerprint density at radius 1 is 1.69 bits per heavy atom. The van der Waals surface area contributed by atoms with Gasteiger partial charge in [0.05, 0.1) is 18.5 Å². The molecule has 2 N–H and O–H groups in total. The smallest absolute Gasteiger partial charge is 0.221 e. The highest BCUT2D eigenvalue weighted by Crippen LogP contribution is 2.20. The molecule has 2 atom stereocenters. The van der Waals surface area contributed by atoms with Gasteiger partial charge in [0.15, 0.2) is 0 Å². The molecule has 4 heteroatoms. The molecular weight excluding hydrogens is 166 g/mol. The maximum absolute atomic E-state index is 10.9. The Balaban J connectivity index is 2.53. The van der Waals surface area contributed by atoms with Gasteiger partial charge in [-0.15, -0.1) is 0 Å². The molecule has 1 heterocycles. The van der Waals surface area contributed by atoms with E-state index in [-0.39, 0.29) is 11.8 Å². The molecule has 0 aromatic heterocycles. The van der Waals surface area contributed by atoms with Gasteiger partial charge < -0.3 is 5.73 Å². The summed E-state index contributed by atoms with van der Waals surface area (Å²) in [6, 6.07) is 2.50. The van der Waals surface area contributed by atoms with Crippen molar-refractivity contribution in [2.45, 2.75) is 25.8 Å². The van der Waals surface area contributed by atoms with Gasteiger partial charge in [0.25, 0.3) is 0 Å². The fraction of sp³-hybridized carbons (Fsp3) is 0.778. The van der Waals surface area contributed by atoms with E-state index < -0.39 is 0 Å². The van der Waals surface area contributed by atoms with Crippen molar-refractivity contribution in [1.82, 2.24) is 4.90 Å². The Morgan fingerprint density at radius 2 is 2.38 bits per heavy atom. The molecular formula is C9H15N3O. The number of rotatable bonds is 2. The SMILES string of the molecule is CC1CCC(C(N)=O)CN1CC#N. The molecule has 2 unspecified atom stereocenters. The number of amides is 1. The molecule has 13 heavy (non-hydrogen) atoms. The van der Waals surface area contributed by atoms with Gasteiger partial charge in [-0.05, 0) is 19.8 Å². The number of hydrogen-bond acceptors (Lipinski definition) is 3. The van der Waals surface area contributed by atoms with Crippen molar-refractivity contribution in [2.75, 3.05) is 13.1 Å². The van der Waals surface area contributed by atoms with Crippen LogP contribution in [0.5, 0.6) is 0 Å². The van der Waals surface area contributed by atoms with Crippen molar-refractivity contribution in [3.8, 4) is 6.07 Å². The van der Waals surface area contributed by atoms with Gasteiger partial charge >= 0.3 is 0 Å². The third-order valence-corrected chi connectivity index (χ3v) is 2.69. The number of likely N-dealkylation sites (tertiary alicyclic amines) is 1. The molecule has 4 nitrogen and oxygen atoms in total. The third kappa shape index (κ3) is 2.43. The maximum atomic E-state index is 10.9. The number of carbonyl (C=O) groups is 1. The summed E-state index contributed by atoms with van der Waals surface area (Å²) in [4.78, 5) is 12.9. The number of piperidine rings is 1. The Hall–Kier alpha value is -1.08.